The molecular formula is C18H17Cl2N3OS. The van der Waals surface area contributed by atoms with Crippen LogP contribution >= 0.6 is 35.0 Å². The Hall–Kier alpha value is -1.43. The van der Waals surface area contributed by atoms with Crippen LogP contribution in [0.25, 0.3) is 0 Å². The molecule has 2 aliphatic rings. The normalized spacial score (nSPS) is 25.2. The molecule has 0 unspecified atom stereocenters. The van der Waals surface area contributed by atoms with Crippen LogP contribution < -0.4 is 0 Å². The lowest BCUT2D eigenvalue weighted by atomic mass is 9.95. The quantitative estimate of drug-likeness (QED) is 0.790. The standard InChI is InChI=1S/C18H17Cl2N3OS/c1-2-11-9-25-18-22-15(14-5-3-4-6-21-14)16(23(11)18)10-7-12(19)17(24)13(20)8-10/h3-8,11,15-16,24H,2,9H2,1H3/t11-,15+,16+/m0/s1. The van der Waals surface area contributed by atoms with Crippen molar-refractivity contribution < 1.29 is 5.11 Å². The number of pyridine rings is 1. The molecule has 2 aliphatic heterocycles. The topological polar surface area (TPSA) is 48.7 Å². The molecule has 0 bridgehead atoms. The maximum atomic E-state index is 9.92. The average Bonchev–Trinajstić information content (AvgIpc) is 3.18. The van der Waals surface area contributed by atoms with Gasteiger partial charge in [0.25, 0.3) is 0 Å². The maximum Gasteiger partial charge on any atom is 0.160 e. The van der Waals surface area contributed by atoms with E-state index >= 15 is 0 Å². The molecule has 0 spiro atoms. The third-order valence-corrected chi connectivity index (χ3v) is 6.41. The highest BCUT2D eigenvalue weighted by molar-refractivity contribution is 8.14. The largest absolute Gasteiger partial charge is 0.505 e. The zero-order valence-electron chi connectivity index (χ0n) is 13.6. The van der Waals surface area contributed by atoms with Gasteiger partial charge in [-0.2, -0.15) is 0 Å². The number of phenolic OH excluding ortho intramolecular Hbond substituents is 1. The van der Waals surface area contributed by atoms with Crippen molar-refractivity contribution in [1.29, 1.82) is 0 Å². The molecule has 1 aromatic carbocycles. The van der Waals surface area contributed by atoms with Gasteiger partial charge in [-0.25, -0.2) is 0 Å². The molecular weight excluding hydrogens is 377 g/mol. The molecule has 1 aromatic heterocycles. The molecule has 1 fully saturated rings. The molecule has 3 atom stereocenters. The number of aromatic hydroxyl groups is 1. The lowest BCUT2D eigenvalue weighted by molar-refractivity contribution is 0.255. The first-order valence-corrected chi connectivity index (χ1v) is 9.92. The number of rotatable bonds is 3. The Morgan fingerprint density at radius 3 is 2.68 bits per heavy atom. The molecule has 4 nitrogen and oxygen atoms in total. The number of fused-ring (bicyclic) bond motifs is 1. The molecule has 130 valence electrons. The smallest absolute Gasteiger partial charge is 0.160 e. The highest BCUT2D eigenvalue weighted by atomic mass is 35.5. The maximum absolute atomic E-state index is 9.92. The second-order valence-corrected chi connectivity index (χ2v) is 7.97. The fourth-order valence-corrected chi connectivity index (χ4v) is 5.31. The van der Waals surface area contributed by atoms with Crippen molar-refractivity contribution in [3.05, 3.63) is 57.8 Å². The molecule has 0 radical (unpaired) electrons. The SMILES string of the molecule is CC[C@H]1CSC2=N[C@H](c3ccccn3)[C@@H](c3cc(Cl)c(O)c(Cl)c3)N21. The zero-order valence-corrected chi connectivity index (χ0v) is 15.9. The Labute approximate surface area is 160 Å². The summed E-state index contributed by atoms with van der Waals surface area (Å²) in [5.74, 6) is 0.948. The molecule has 0 aliphatic carbocycles. The van der Waals surface area contributed by atoms with Crippen LogP contribution in [0, 0.1) is 0 Å². The Kier molecular flexibility index (Phi) is 4.56. The van der Waals surface area contributed by atoms with E-state index in [0.717, 1.165) is 28.6 Å². The van der Waals surface area contributed by atoms with Crippen LogP contribution in [-0.4, -0.2) is 32.0 Å². The van der Waals surface area contributed by atoms with Crippen LogP contribution in [0.4, 0.5) is 0 Å². The number of hydrogen-bond donors (Lipinski definition) is 1. The molecule has 3 heterocycles. The van der Waals surface area contributed by atoms with Crippen molar-refractivity contribution in [2.75, 3.05) is 5.75 Å². The minimum Gasteiger partial charge on any atom is -0.505 e. The summed E-state index contributed by atoms with van der Waals surface area (Å²) in [6.45, 7) is 2.19. The number of nitrogens with zero attached hydrogens (tertiary/aromatic N) is 3. The highest BCUT2D eigenvalue weighted by Gasteiger charge is 2.45. The minimum atomic E-state index is -0.116. The summed E-state index contributed by atoms with van der Waals surface area (Å²) < 4.78 is 0. The van der Waals surface area contributed by atoms with Crippen molar-refractivity contribution in [3.8, 4) is 5.75 Å². The molecule has 1 saturated heterocycles. The van der Waals surface area contributed by atoms with Gasteiger partial charge in [0.05, 0.1) is 21.8 Å². The van der Waals surface area contributed by atoms with Crippen molar-refractivity contribution in [2.45, 2.75) is 31.5 Å². The Morgan fingerprint density at radius 1 is 1.28 bits per heavy atom. The van der Waals surface area contributed by atoms with Gasteiger partial charge in [0.15, 0.2) is 10.9 Å². The number of aromatic nitrogens is 1. The number of amidine groups is 1. The lowest BCUT2D eigenvalue weighted by Crippen LogP contribution is -2.35. The van der Waals surface area contributed by atoms with Gasteiger partial charge in [0.1, 0.15) is 6.04 Å². The van der Waals surface area contributed by atoms with Gasteiger partial charge < -0.3 is 10.0 Å². The summed E-state index contributed by atoms with van der Waals surface area (Å²) in [5, 5.41) is 11.5. The van der Waals surface area contributed by atoms with Crippen LogP contribution in [0.2, 0.25) is 10.0 Å². The van der Waals surface area contributed by atoms with Gasteiger partial charge in [0.2, 0.25) is 0 Å². The van der Waals surface area contributed by atoms with Crippen LogP contribution in [0.5, 0.6) is 5.75 Å². The van der Waals surface area contributed by atoms with Gasteiger partial charge >= 0.3 is 0 Å². The van der Waals surface area contributed by atoms with Crippen LogP contribution in [0.1, 0.15) is 36.7 Å². The zero-order chi connectivity index (χ0) is 17.6. The van der Waals surface area contributed by atoms with E-state index in [1.165, 1.54) is 0 Å². The Morgan fingerprint density at radius 2 is 2.04 bits per heavy atom. The van der Waals surface area contributed by atoms with Crippen molar-refractivity contribution in [2.24, 2.45) is 4.99 Å². The van der Waals surface area contributed by atoms with Gasteiger partial charge in [0, 0.05) is 18.0 Å². The van der Waals surface area contributed by atoms with E-state index in [9.17, 15) is 5.11 Å². The first-order chi connectivity index (χ1) is 12.1. The summed E-state index contributed by atoms with van der Waals surface area (Å²) in [6, 6.07) is 9.72. The number of halogens is 2. The first-order valence-electron chi connectivity index (χ1n) is 8.18. The molecule has 1 N–H and O–H groups in total. The number of hydrogen-bond acceptors (Lipinski definition) is 5. The average molecular weight is 394 g/mol. The van der Waals surface area contributed by atoms with Crippen LogP contribution in [0.3, 0.4) is 0 Å². The Bertz CT molecular complexity index is 807. The van der Waals surface area contributed by atoms with E-state index in [1.54, 1.807) is 30.1 Å². The number of thioether (sulfide) groups is 1. The van der Waals surface area contributed by atoms with Crippen LogP contribution in [0.15, 0.2) is 41.5 Å². The first kappa shape index (κ1) is 17.0. The summed E-state index contributed by atoms with van der Waals surface area (Å²) in [5.41, 5.74) is 1.87. The molecule has 2 aromatic rings. The lowest BCUT2D eigenvalue weighted by Gasteiger charge is -2.32. The van der Waals surface area contributed by atoms with E-state index < -0.39 is 0 Å². The van der Waals surface area contributed by atoms with Gasteiger partial charge in [-0.15, -0.1) is 0 Å². The van der Waals surface area contributed by atoms with Crippen molar-refractivity contribution >= 4 is 40.1 Å². The van der Waals surface area contributed by atoms with E-state index in [-0.39, 0.29) is 27.9 Å². The Balaban J connectivity index is 1.83. The second kappa shape index (κ2) is 6.71. The van der Waals surface area contributed by atoms with Gasteiger partial charge in [-0.1, -0.05) is 48.0 Å². The second-order valence-electron chi connectivity index (χ2n) is 6.17. The molecule has 4 rings (SSSR count). The van der Waals surface area contributed by atoms with Gasteiger partial charge in [-0.3, -0.25) is 9.98 Å². The predicted molar refractivity (Wildman–Crippen MR) is 104 cm³/mol. The van der Waals surface area contributed by atoms with E-state index in [0.29, 0.717) is 6.04 Å². The predicted octanol–water partition coefficient (Wildman–Crippen LogP) is 5.07. The molecule has 25 heavy (non-hydrogen) atoms. The van der Waals surface area contributed by atoms with Gasteiger partial charge in [-0.05, 0) is 36.2 Å². The number of aliphatic imine (C=N–C) groups is 1. The summed E-state index contributed by atoms with van der Waals surface area (Å²) in [4.78, 5) is 11.8. The third kappa shape index (κ3) is 2.88. The highest BCUT2D eigenvalue weighted by Crippen LogP contribution is 2.50. The summed E-state index contributed by atoms with van der Waals surface area (Å²) >= 11 is 14.2. The number of phenols is 1. The van der Waals surface area contributed by atoms with E-state index in [4.69, 9.17) is 28.2 Å². The fourth-order valence-electron chi connectivity index (χ4n) is 3.47. The molecule has 0 saturated carbocycles. The van der Waals surface area contributed by atoms with Crippen LogP contribution in [-0.2, 0) is 0 Å². The third-order valence-electron chi connectivity index (χ3n) is 4.71. The number of benzene rings is 1. The molecule has 7 heteroatoms. The summed E-state index contributed by atoms with van der Waals surface area (Å²) in [6.07, 6.45) is 2.83. The monoisotopic (exact) mass is 393 g/mol. The van der Waals surface area contributed by atoms with Crippen molar-refractivity contribution in [3.63, 3.8) is 0 Å². The summed E-state index contributed by atoms with van der Waals surface area (Å²) in [7, 11) is 0. The van der Waals surface area contributed by atoms with Crippen molar-refractivity contribution in [1.82, 2.24) is 9.88 Å². The fraction of sp³-hybridized carbons (Fsp3) is 0.333. The van der Waals surface area contributed by atoms with E-state index in [2.05, 4.69) is 16.8 Å². The van der Waals surface area contributed by atoms with E-state index in [1.807, 2.05) is 18.2 Å². The molecule has 0 amide bonds. The minimum absolute atomic E-state index is 0.0274.